The lowest BCUT2D eigenvalue weighted by Gasteiger charge is -2.38. The number of unbranched alkanes of at least 4 members (excludes halogenated alkanes) is 11. The molecule has 0 aliphatic rings. The van der Waals surface area contributed by atoms with E-state index in [4.69, 9.17) is 9.16 Å². The van der Waals surface area contributed by atoms with E-state index in [9.17, 15) is 22.8 Å². The third-order valence-corrected chi connectivity index (χ3v) is 11.5. The molecule has 0 aliphatic carbocycles. The van der Waals surface area contributed by atoms with Crippen molar-refractivity contribution in [2.45, 2.75) is 148 Å². The number of rotatable bonds is 21. The lowest BCUT2D eigenvalue weighted by Crippen LogP contribution is -2.47. The smallest absolute Gasteiger partial charge is 0.463 e. The monoisotopic (exact) mass is 566 g/mol. The maximum absolute atomic E-state index is 12.5. The Morgan fingerprint density at radius 1 is 0.763 bits per heavy atom. The van der Waals surface area contributed by atoms with Crippen molar-refractivity contribution in [2.24, 2.45) is 0 Å². The van der Waals surface area contributed by atoms with Gasteiger partial charge in [-0.2, -0.15) is 13.2 Å². The molecule has 0 N–H and O–H groups in total. The second kappa shape index (κ2) is 19.7. The molecule has 9 heteroatoms. The van der Waals surface area contributed by atoms with Crippen LogP contribution >= 0.6 is 0 Å². The van der Waals surface area contributed by atoms with Crippen molar-refractivity contribution in [3.63, 3.8) is 0 Å². The van der Waals surface area contributed by atoms with Crippen molar-refractivity contribution in [1.29, 1.82) is 0 Å². The number of ether oxygens (including phenoxy) is 2. The van der Waals surface area contributed by atoms with Crippen LogP contribution in [0.2, 0.25) is 18.1 Å². The van der Waals surface area contributed by atoms with Crippen LogP contribution in [0.1, 0.15) is 118 Å². The Morgan fingerprint density at radius 2 is 1.24 bits per heavy atom. The Bertz CT molecular complexity index is 672. The van der Waals surface area contributed by atoms with Crippen LogP contribution < -0.4 is 0 Å². The van der Waals surface area contributed by atoms with Gasteiger partial charge in [-0.05, 0) is 50.2 Å². The molecule has 0 aromatic rings. The Labute approximate surface area is 230 Å². The Hall–Kier alpha value is -1.35. The average molecular weight is 567 g/mol. The van der Waals surface area contributed by atoms with Crippen LogP contribution in [-0.4, -0.2) is 45.8 Å². The number of carbonyl (C=O) groups excluding carboxylic acids is 2. The van der Waals surface area contributed by atoms with Crippen molar-refractivity contribution in [3.05, 3.63) is 12.2 Å². The summed E-state index contributed by atoms with van der Waals surface area (Å²) >= 11 is 0. The molecule has 38 heavy (non-hydrogen) atoms. The van der Waals surface area contributed by atoms with Crippen molar-refractivity contribution in [3.8, 4) is 0 Å². The van der Waals surface area contributed by atoms with E-state index in [1.807, 2.05) is 33.9 Å². The maximum atomic E-state index is 12.5. The second-order valence-corrected chi connectivity index (χ2v) is 16.4. The van der Waals surface area contributed by atoms with Gasteiger partial charge >= 0.3 is 18.1 Å². The number of hydrogen-bond donors (Lipinski definition) is 0. The van der Waals surface area contributed by atoms with Gasteiger partial charge < -0.3 is 13.9 Å². The van der Waals surface area contributed by atoms with Gasteiger partial charge in [0.05, 0.1) is 0 Å². The van der Waals surface area contributed by atoms with Crippen LogP contribution in [0.15, 0.2) is 12.2 Å². The molecule has 224 valence electrons. The highest BCUT2D eigenvalue weighted by molar-refractivity contribution is 6.74. The standard InChI is InChI=1S/C29H53F3O5Si/c1-7-8-9-10-11-12-13-14-15-16-17-18-19-20-21-22-26(33)35-23-25(24-36-27(34)29(30,31)32)37-38(5,6)28(2,3)4/h14-15,25H,7-13,16-24H2,1-6H3/b15-14-. The quantitative estimate of drug-likeness (QED) is 0.0600. The molecular weight excluding hydrogens is 513 g/mol. The fourth-order valence-corrected chi connectivity index (χ4v) is 4.88. The SMILES string of the molecule is CCCCCCCC/C=C\CCCCCCCC(=O)OCC(COC(=O)C(F)(F)F)O[Si](C)(C)C(C)(C)C. The topological polar surface area (TPSA) is 61.8 Å². The Kier molecular flexibility index (Phi) is 19.0. The molecule has 0 radical (unpaired) electrons. The fraction of sp³-hybridized carbons (Fsp3) is 0.862. The number of esters is 2. The predicted octanol–water partition coefficient (Wildman–Crippen LogP) is 9.06. The van der Waals surface area contributed by atoms with Gasteiger partial charge in [0.1, 0.15) is 19.3 Å². The molecule has 0 aliphatic heterocycles. The summed E-state index contributed by atoms with van der Waals surface area (Å²) in [5.41, 5.74) is 0. The number of halogens is 3. The highest BCUT2D eigenvalue weighted by Gasteiger charge is 2.43. The molecule has 0 bridgehead atoms. The molecule has 0 rings (SSSR count). The highest BCUT2D eigenvalue weighted by Crippen LogP contribution is 2.37. The lowest BCUT2D eigenvalue weighted by atomic mass is 10.1. The van der Waals surface area contributed by atoms with E-state index in [1.165, 1.54) is 44.9 Å². The average Bonchev–Trinajstić information content (AvgIpc) is 2.81. The van der Waals surface area contributed by atoms with E-state index in [-0.39, 0.29) is 18.1 Å². The van der Waals surface area contributed by atoms with Gasteiger partial charge in [-0.15, -0.1) is 0 Å². The zero-order valence-corrected chi connectivity index (χ0v) is 25.7. The Morgan fingerprint density at radius 3 is 1.74 bits per heavy atom. The van der Waals surface area contributed by atoms with E-state index in [0.29, 0.717) is 6.42 Å². The normalized spacial score (nSPS) is 13.6. The minimum atomic E-state index is -5.08. The minimum absolute atomic E-state index is 0.215. The van der Waals surface area contributed by atoms with Gasteiger partial charge in [-0.1, -0.05) is 91.2 Å². The molecule has 0 saturated carbocycles. The largest absolute Gasteiger partial charge is 0.490 e. The van der Waals surface area contributed by atoms with E-state index < -0.39 is 39.1 Å². The predicted molar refractivity (Wildman–Crippen MR) is 149 cm³/mol. The zero-order chi connectivity index (χ0) is 29.1. The molecule has 1 atom stereocenters. The first kappa shape index (κ1) is 36.6. The number of allylic oxidation sites excluding steroid dienone is 2. The number of carbonyl (C=O) groups is 2. The summed E-state index contributed by atoms with van der Waals surface area (Å²) in [5, 5.41) is -0.215. The summed E-state index contributed by atoms with van der Waals surface area (Å²) in [7, 11) is -2.39. The molecule has 0 aromatic carbocycles. The maximum Gasteiger partial charge on any atom is 0.490 e. The van der Waals surface area contributed by atoms with Crippen LogP contribution in [0.4, 0.5) is 13.2 Å². The molecular formula is C29H53F3O5Si. The van der Waals surface area contributed by atoms with Crippen LogP contribution in [0, 0.1) is 0 Å². The first-order valence-electron chi connectivity index (χ1n) is 14.4. The summed E-state index contributed by atoms with van der Waals surface area (Å²) in [4.78, 5) is 23.3. The minimum Gasteiger partial charge on any atom is -0.463 e. The highest BCUT2D eigenvalue weighted by atomic mass is 28.4. The van der Waals surface area contributed by atoms with Crippen LogP contribution in [0.25, 0.3) is 0 Å². The molecule has 0 fully saturated rings. The summed E-state index contributed by atoms with van der Waals surface area (Å²) < 4.78 is 53.3. The number of alkyl halides is 3. The van der Waals surface area contributed by atoms with Gasteiger partial charge in [-0.3, -0.25) is 4.79 Å². The summed E-state index contributed by atoms with van der Waals surface area (Å²) in [5.74, 6) is -2.70. The molecule has 0 saturated heterocycles. The summed E-state index contributed by atoms with van der Waals surface area (Å²) in [6, 6.07) is 0. The third-order valence-electron chi connectivity index (χ3n) is 6.97. The van der Waals surface area contributed by atoms with Crippen LogP contribution in [0.3, 0.4) is 0 Å². The third kappa shape index (κ3) is 18.8. The van der Waals surface area contributed by atoms with Crippen LogP contribution in [-0.2, 0) is 23.5 Å². The van der Waals surface area contributed by atoms with E-state index >= 15 is 0 Å². The van der Waals surface area contributed by atoms with Gasteiger partial charge in [0.25, 0.3) is 0 Å². The first-order valence-corrected chi connectivity index (χ1v) is 17.3. The first-order chi connectivity index (χ1) is 17.7. The van der Waals surface area contributed by atoms with Crippen molar-refractivity contribution in [2.75, 3.05) is 13.2 Å². The van der Waals surface area contributed by atoms with Gasteiger partial charge in [0.2, 0.25) is 0 Å². The summed E-state index contributed by atoms with van der Waals surface area (Å²) in [6.45, 7) is 11.2. The molecule has 0 aromatic heterocycles. The number of hydrogen-bond acceptors (Lipinski definition) is 5. The van der Waals surface area contributed by atoms with Crippen molar-refractivity contribution in [1.82, 2.24) is 0 Å². The molecule has 1 unspecified atom stereocenters. The van der Waals surface area contributed by atoms with Gasteiger partial charge in [-0.25, -0.2) is 4.79 Å². The summed E-state index contributed by atoms with van der Waals surface area (Å²) in [6.07, 6.45) is 13.9. The Balaban J connectivity index is 4.17. The molecule has 0 spiro atoms. The van der Waals surface area contributed by atoms with E-state index in [0.717, 1.165) is 32.1 Å². The van der Waals surface area contributed by atoms with E-state index in [2.05, 4.69) is 23.8 Å². The lowest BCUT2D eigenvalue weighted by molar-refractivity contribution is -0.202. The van der Waals surface area contributed by atoms with Crippen molar-refractivity contribution >= 4 is 20.3 Å². The molecule has 0 amide bonds. The zero-order valence-electron chi connectivity index (χ0n) is 24.7. The van der Waals surface area contributed by atoms with Crippen molar-refractivity contribution < 1.29 is 36.7 Å². The van der Waals surface area contributed by atoms with Gasteiger partial charge in [0, 0.05) is 6.42 Å². The second-order valence-electron chi connectivity index (χ2n) is 11.6. The fourth-order valence-electron chi connectivity index (χ4n) is 3.56. The van der Waals surface area contributed by atoms with Crippen LogP contribution in [0.5, 0.6) is 0 Å². The molecule has 0 heterocycles. The molecule has 5 nitrogen and oxygen atoms in total. The van der Waals surface area contributed by atoms with E-state index in [1.54, 1.807) is 0 Å². The van der Waals surface area contributed by atoms with Gasteiger partial charge in [0.15, 0.2) is 8.32 Å².